The molecule has 3 nitrogen and oxygen atoms in total. The normalized spacial score (nSPS) is 23.2. The van der Waals surface area contributed by atoms with Crippen LogP contribution in [-0.2, 0) is 16.1 Å². The van der Waals surface area contributed by atoms with Crippen LogP contribution in [0.3, 0.4) is 0 Å². The second-order valence-corrected chi connectivity index (χ2v) is 3.16. The molecule has 1 fully saturated rings. The molecule has 0 spiro atoms. The van der Waals surface area contributed by atoms with Crippen molar-refractivity contribution in [2.24, 2.45) is 0 Å². The Hall–Kier alpha value is -0.800. The summed E-state index contributed by atoms with van der Waals surface area (Å²) in [5.74, 6) is 0. The Bertz CT molecular complexity index is 224. The number of hydrogen-bond donors (Lipinski definition) is 0. The summed E-state index contributed by atoms with van der Waals surface area (Å²) in [7, 11) is 0. The summed E-state index contributed by atoms with van der Waals surface area (Å²) in [5, 5.41) is 0. The number of hydrogen-bond acceptors (Lipinski definition) is 3. The van der Waals surface area contributed by atoms with Crippen LogP contribution in [0.2, 0.25) is 0 Å². The summed E-state index contributed by atoms with van der Waals surface area (Å²) in [6, 6.07) is 1.85. The van der Waals surface area contributed by atoms with Gasteiger partial charge in [-0.15, -0.1) is 0 Å². The number of ether oxygens (including phenoxy) is 2. The van der Waals surface area contributed by atoms with Crippen molar-refractivity contribution in [2.45, 2.75) is 32.2 Å². The Morgan fingerprint density at radius 2 is 2.54 bits per heavy atom. The van der Waals surface area contributed by atoms with Crippen molar-refractivity contribution >= 4 is 0 Å². The summed E-state index contributed by atoms with van der Waals surface area (Å²) < 4.78 is 15.7. The molecule has 0 aromatic carbocycles. The predicted octanol–water partition coefficient (Wildman–Crippen LogP) is 2.12. The second-order valence-electron chi connectivity index (χ2n) is 3.16. The van der Waals surface area contributed by atoms with Crippen LogP contribution in [0.25, 0.3) is 0 Å². The molecule has 1 aliphatic heterocycles. The third-order valence-electron chi connectivity index (χ3n) is 2.09. The van der Waals surface area contributed by atoms with Gasteiger partial charge in [0.05, 0.1) is 12.9 Å². The van der Waals surface area contributed by atoms with Gasteiger partial charge in [0.2, 0.25) is 0 Å². The van der Waals surface area contributed by atoms with Gasteiger partial charge in [-0.1, -0.05) is 0 Å². The molecule has 0 saturated carbocycles. The summed E-state index contributed by atoms with van der Waals surface area (Å²) in [5.41, 5.74) is 0.939. The van der Waals surface area contributed by atoms with Crippen molar-refractivity contribution in [3.05, 3.63) is 24.2 Å². The maximum absolute atomic E-state index is 5.51. The average molecular weight is 181 g/mol. The Kier molecular flexibility index (Phi) is 3.00. The van der Waals surface area contributed by atoms with Crippen LogP contribution in [0.5, 0.6) is 0 Å². The van der Waals surface area contributed by atoms with Gasteiger partial charge in [-0.3, -0.25) is 0 Å². The highest BCUT2D eigenvalue weighted by molar-refractivity contribution is 5.01. The third-order valence-corrected chi connectivity index (χ3v) is 2.09. The molecule has 2 rings (SSSR count). The molecule has 3 heteroatoms. The zero-order valence-electron chi connectivity index (χ0n) is 7.49. The van der Waals surface area contributed by atoms with E-state index in [1.54, 1.807) is 6.26 Å². The molecular weight excluding hydrogens is 168 g/mol. The molecule has 0 bridgehead atoms. The van der Waals surface area contributed by atoms with Crippen molar-refractivity contribution < 1.29 is 13.9 Å². The van der Waals surface area contributed by atoms with Gasteiger partial charge in [0.15, 0.2) is 12.6 Å². The van der Waals surface area contributed by atoms with Crippen LogP contribution in [-0.4, -0.2) is 12.9 Å². The van der Waals surface area contributed by atoms with E-state index in [1.807, 2.05) is 6.07 Å². The van der Waals surface area contributed by atoms with Gasteiger partial charge in [0.25, 0.3) is 0 Å². The van der Waals surface area contributed by atoms with Gasteiger partial charge in [-0.2, -0.15) is 0 Å². The van der Waals surface area contributed by atoms with Crippen LogP contribution in [0.4, 0.5) is 0 Å². The lowest BCUT2D eigenvalue weighted by molar-refractivity contribution is -0.169. The molecule has 1 unspecified atom stereocenters. The van der Waals surface area contributed by atoms with Gasteiger partial charge >= 0.3 is 0 Å². The molecule has 1 aliphatic rings. The molecular formula is C10H13O3. The van der Waals surface area contributed by atoms with Gasteiger partial charge in [0, 0.05) is 12.2 Å². The third kappa shape index (κ3) is 2.57. The first-order valence-corrected chi connectivity index (χ1v) is 4.62. The van der Waals surface area contributed by atoms with Gasteiger partial charge in [-0.25, -0.2) is 0 Å². The van der Waals surface area contributed by atoms with Crippen molar-refractivity contribution in [3.63, 3.8) is 0 Å². The van der Waals surface area contributed by atoms with E-state index in [2.05, 4.69) is 6.26 Å². The largest absolute Gasteiger partial charge is 0.461 e. The van der Waals surface area contributed by atoms with Crippen molar-refractivity contribution in [2.75, 3.05) is 6.61 Å². The van der Waals surface area contributed by atoms with Crippen LogP contribution < -0.4 is 0 Å². The molecule has 1 saturated heterocycles. The molecule has 2 heterocycles. The fourth-order valence-corrected chi connectivity index (χ4v) is 1.36. The second kappa shape index (κ2) is 4.44. The molecule has 71 valence electrons. The van der Waals surface area contributed by atoms with E-state index in [1.165, 1.54) is 6.42 Å². The Labute approximate surface area is 77.6 Å². The SMILES string of the molecule is [c]1occc1COC1CCCCO1. The minimum atomic E-state index is -0.0305. The molecule has 1 atom stereocenters. The molecule has 1 aromatic heterocycles. The fraction of sp³-hybridized carbons (Fsp3) is 0.600. The summed E-state index contributed by atoms with van der Waals surface area (Å²) in [4.78, 5) is 0. The fourth-order valence-electron chi connectivity index (χ4n) is 1.36. The molecule has 1 aromatic rings. The molecule has 1 radical (unpaired) electrons. The lowest BCUT2D eigenvalue weighted by Gasteiger charge is -2.22. The molecule has 13 heavy (non-hydrogen) atoms. The van der Waals surface area contributed by atoms with Crippen LogP contribution in [0, 0.1) is 6.26 Å². The zero-order valence-corrected chi connectivity index (χ0v) is 7.49. The van der Waals surface area contributed by atoms with Crippen LogP contribution >= 0.6 is 0 Å². The van der Waals surface area contributed by atoms with Gasteiger partial charge < -0.3 is 13.9 Å². The highest BCUT2D eigenvalue weighted by Gasteiger charge is 2.13. The highest BCUT2D eigenvalue weighted by Crippen LogP contribution is 2.15. The predicted molar refractivity (Wildman–Crippen MR) is 45.9 cm³/mol. The van der Waals surface area contributed by atoms with Crippen molar-refractivity contribution in [3.8, 4) is 0 Å². The average Bonchev–Trinajstić information content (AvgIpc) is 2.69. The first-order valence-electron chi connectivity index (χ1n) is 4.62. The smallest absolute Gasteiger partial charge is 0.175 e. The summed E-state index contributed by atoms with van der Waals surface area (Å²) >= 11 is 0. The van der Waals surface area contributed by atoms with E-state index in [0.717, 1.165) is 25.0 Å². The quantitative estimate of drug-likeness (QED) is 0.715. The van der Waals surface area contributed by atoms with E-state index < -0.39 is 0 Å². The zero-order chi connectivity index (χ0) is 8.93. The summed E-state index contributed by atoms with van der Waals surface area (Å²) in [6.07, 6.45) is 7.63. The summed E-state index contributed by atoms with van der Waals surface area (Å²) in [6.45, 7) is 1.35. The molecule has 0 aliphatic carbocycles. The minimum absolute atomic E-state index is 0.0305. The van der Waals surface area contributed by atoms with Gasteiger partial charge in [0.1, 0.15) is 0 Å². The lowest BCUT2D eigenvalue weighted by atomic mass is 10.2. The van der Waals surface area contributed by atoms with Crippen molar-refractivity contribution in [1.29, 1.82) is 0 Å². The standard InChI is InChI=1S/C10H13O3/c1-2-5-12-10(3-1)13-8-9-4-6-11-7-9/h4,6,10H,1-3,5,8H2. The van der Waals surface area contributed by atoms with Crippen LogP contribution in [0.15, 0.2) is 16.7 Å². The highest BCUT2D eigenvalue weighted by atomic mass is 16.7. The van der Waals surface area contributed by atoms with Crippen LogP contribution in [0.1, 0.15) is 24.8 Å². The monoisotopic (exact) mass is 181 g/mol. The first-order chi connectivity index (χ1) is 6.45. The van der Waals surface area contributed by atoms with E-state index in [0.29, 0.717) is 6.61 Å². The van der Waals surface area contributed by atoms with E-state index >= 15 is 0 Å². The van der Waals surface area contributed by atoms with E-state index in [-0.39, 0.29) is 6.29 Å². The topological polar surface area (TPSA) is 31.6 Å². The Morgan fingerprint density at radius 3 is 3.23 bits per heavy atom. The molecule has 0 N–H and O–H groups in total. The Balaban J connectivity index is 1.72. The Morgan fingerprint density at radius 1 is 1.54 bits per heavy atom. The lowest BCUT2D eigenvalue weighted by Crippen LogP contribution is -2.21. The number of furan rings is 1. The van der Waals surface area contributed by atoms with E-state index in [4.69, 9.17) is 13.9 Å². The van der Waals surface area contributed by atoms with E-state index in [9.17, 15) is 0 Å². The number of rotatable bonds is 3. The maximum Gasteiger partial charge on any atom is 0.175 e. The molecule has 0 amide bonds. The van der Waals surface area contributed by atoms with Gasteiger partial charge in [-0.05, 0) is 25.3 Å². The minimum Gasteiger partial charge on any atom is -0.461 e. The first kappa shape index (κ1) is 8.78. The van der Waals surface area contributed by atoms with Crippen molar-refractivity contribution in [1.82, 2.24) is 0 Å². The maximum atomic E-state index is 5.51.